The van der Waals surface area contributed by atoms with Crippen molar-refractivity contribution in [3.05, 3.63) is 76.5 Å². The number of halogens is 1. The average molecular weight is 427 g/mol. The third-order valence-electron chi connectivity index (χ3n) is 4.73. The molecule has 0 radical (unpaired) electrons. The van der Waals surface area contributed by atoms with Crippen LogP contribution in [0.1, 0.15) is 59.8 Å². The Labute approximate surface area is 181 Å². The molecule has 1 heterocycles. The summed E-state index contributed by atoms with van der Waals surface area (Å²) >= 11 is 1.35. The number of unbranched alkanes of at least 4 members (excludes halogenated alkanes) is 4. The van der Waals surface area contributed by atoms with Gasteiger partial charge >= 0.3 is 0 Å². The van der Waals surface area contributed by atoms with Crippen molar-refractivity contribution in [1.29, 1.82) is 0 Å². The highest BCUT2D eigenvalue weighted by molar-refractivity contribution is 7.15. The van der Waals surface area contributed by atoms with Gasteiger partial charge in [-0.25, -0.2) is 9.37 Å². The number of carbonyl (C=O) groups is 1. The minimum absolute atomic E-state index is 0.229. The van der Waals surface area contributed by atoms with Gasteiger partial charge < -0.3 is 4.74 Å². The molecule has 158 valence electrons. The number of benzene rings is 2. The Morgan fingerprint density at radius 2 is 1.83 bits per heavy atom. The highest BCUT2D eigenvalue weighted by Crippen LogP contribution is 2.23. The number of anilines is 1. The molecule has 4 nitrogen and oxygen atoms in total. The van der Waals surface area contributed by atoms with Gasteiger partial charge in [-0.2, -0.15) is 0 Å². The molecule has 0 aliphatic heterocycles. The fourth-order valence-corrected chi connectivity index (χ4v) is 3.87. The molecule has 0 aliphatic rings. The lowest BCUT2D eigenvalue weighted by Crippen LogP contribution is -2.11. The number of ether oxygens (including phenoxy) is 1. The molecule has 0 bridgehead atoms. The monoisotopic (exact) mass is 426 g/mol. The lowest BCUT2D eigenvalue weighted by molar-refractivity contribution is 0.102. The summed E-state index contributed by atoms with van der Waals surface area (Å²) in [5, 5.41) is 3.30. The van der Waals surface area contributed by atoms with Crippen molar-refractivity contribution >= 4 is 22.4 Å². The van der Waals surface area contributed by atoms with E-state index in [1.54, 1.807) is 30.5 Å². The van der Waals surface area contributed by atoms with E-state index in [4.69, 9.17) is 4.74 Å². The molecular formula is C24H27FN2O2S. The summed E-state index contributed by atoms with van der Waals surface area (Å²) in [5.74, 6) is 0.302. The van der Waals surface area contributed by atoms with Gasteiger partial charge in [0.05, 0.1) is 6.61 Å². The van der Waals surface area contributed by atoms with Gasteiger partial charge in [-0.15, -0.1) is 11.3 Å². The number of hydrogen-bond acceptors (Lipinski definition) is 4. The van der Waals surface area contributed by atoms with Crippen LogP contribution in [0.25, 0.3) is 0 Å². The van der Waals surface area contributed by atoms with Gasteiger partial charge in [-0.3, -0.25) is 10.1 Å². The van der Waals surface area contributed by atoms with Crippen LogP contribution in [0.15, 0.2) is 54.7 Å². The SMILES string of the molecule is CCCCCCCOc1ccc(C(=O)Nc2ncc(Cc3ccccc3F)s2)cc1. The van der Waals surface area contributed by atoms with E-state index < -0.39 is 0 Å². The Kier molecular flexibility index (Phi) is 8.39. The van der Waals surface area contributed by atoms with Crippen LogP contribution in [0, 0.1) is 5.82 Å². The molecule has 6 heteroatoms. The van der Waals surface area contributed by atoms with Gasteiger partial charge in [0, 0.05) is 23.1 Å². The first-order chi connectivity index (χ1) is 14.7. The highest BCUT2D eigenvalue weighted by Gasteiger charge is 2.11. The van der Waals surface area contributed by atoms with Gasteiger partial charge in [-0.05, 0) is 42.3 Å². The van der Waals surface area contributed by atoms with Gasteiger partial charge in [0.2, 0.25) is 0 Å². The summed E-state index contributed by atoms with van der Waals surface area (Å²) in [5.41, 5.74) is 1.15. The van der Waals surface area contributed by atoms with Crippen LogP contribution in [-0.2, 0) is 6.42 Å². The van der Waals surface area contributed by atoms with E-state index >= 15 is 0 Å². The molecule has 0 atom stereocenters. The third kappa shape index (κ3) is 6.66. The number of carbonyl (C=O) groups excluding carboxylic acids is 1. The molecule has 2 aromatic carbocycles. The molecule has 0 fully saturated rings. The van der Waals surface area contributed by atoms with E-state index in [0.717, 1.165) is 17.0 Å². The van der Waals surface area contributed by atoms with Gasteiger partial charge in [-0.1, -0.05) is 50.8 Å². The number of hydrogen-bond donors (Lipinski definition) is 1. The summed E-state index contributed by atoms with van der Waals surface area (Å²) in [4.78, 5) is 17.6. The second-order valence-corrected chi connectivity index (χ2v) is 8.26. The van der Waals surface area contributed by atoms with Crippen LogP contribution in [0.4, 0.5) is 9.52 Å². The molecule has 0 unspecified atom stereocenters. The number of aromatic nitrogens is 1. The summed E-state index contributed by atoms with van der Waals surface area (Å²) in [7, 11) is 0. The molecule has 1 amide bonds. The molecule has 0 saturated heterocycles. The first kappa shape index (κ1) is 22.0. The molecule has 3 rings (SSSR count). The van der Waals surface area contributed by atoms with Crippen LogP contribution in [-0.4, -0.2) is 17.5 Å². The summed E-state index contributed by atoms with van der Waals surface area (Å²) in [6, 6.07) is 13.8. The molecule has 0 saturated carbocycles. The minimum atomic E-state index is -0.236. The number of amides is 1. The van der Waals surface area contributed by atoms with Crippen LogP contribution < -0.4 is 10.1 Å². The van der Waals surface area contributed by atoms with Crippen molar-refractivity contribution in [2.75, 3.05) is 11.9 Å². The van der Waals surface area contributed by atoms with Gasteiger partial charge in [0.15, 0.2) is 5.13 Å². The molecule has 3 aromatic rings. The maximum atomic E-state index is 13.8. The maximum absolute atomic E-state index is 13.8. The molecule has 0 aliphatic carbocycles. The van der Waals surface area contributed by atoms with Crippen LogP contribution >= 0.6 is 11.3 Å². The number of rotatable bonds is 11. The first-order valence-electron chi connectivity index (χ1n) is 10.4. The average Bonchev–Trinajstić information content (AvgIpc) is 3.19. The summed E-state index contributed by atoms with van der Waals surface area (Å²) < 4.78 is 19.5. The van der Waals surface area contributed by atoms with E-state index in [1.807, 2.05) is 18.2 Å². The Morgan fingerprint density at radius 3 is 2.60 bits per heavy atom. The Bertz CT molecular complexity index is 940. The van der Waals surface area contributed by atoms with Crippen LogP contribution in [0.5, 0.6) is 5.75 Å². The predicted octanol–water partition coefficient (Wildman–Crippen LogP) is 6.47. The number of thiazole rings is 1. The molecule has 30 heavy (non-hydrogen) atoms. The fourth-order valence-electron chi connectivity index (χ4n) is 3.04. The van der Waals surface area contributed by atoms with Gasteiger partial charge in [0.1, 0.15) is 11.6 Å². The highest BCUT2D eigenvalue weighted by atomic mass is 32.1. The molecule has 1 N–H and O–H groups in total. The van der Waals surface area contributed by atoms with Crippen molar-refractivity contribution in [3.63, 3.8) is 0 Å². The minimum Gasteiger partial charge on any atom is -0.494 e. The number of nitrogens with zero attached hydrogens (tertiary/aromatic N) is 1. The second kappa shape index (κ2) is 11.5. The van der Waals surface area contributed by atoms with E-state index in [2.05, 4.69) is 17.2 Å². The van der Waals surface area contributed by atoms with Gasteiger partial charge in [0.25, 0.3) is 5.91 Å². The fraction of sp³-hybridized carbons (Fsp3) is 0.333. The zero-order chi connectivity index (χ0) is 21.2. The first-order valence-corrected chi connectivity index (χ1v) is 11.2. The third-order valence-corrected chi connectivity index (χ3v) is 5.64. The van der Waals surface area contributed by atoms with E-state index in [1.165, 1.54) is 43.1 Å². The van der Waals surface area contributed by atoms with Crippen molar-refractivity contribution in [3.8, 4) is 5.75 Å². The Balaban J connectivity index is 1.48. The molecule has 0 spiro atoms. The maximum Gasteiger partial charge on any atom is 0.257 e. The predicted molar refractivity (Wildman–Crippen MR) is 120 cm³/mol. The van der Waals surface area contributed by atoms with E-state index in [9.17, 15) is 9.18 Å². The lowest BCUT2D eigenvalue weighted by atomic mass is 10.1. The van der Waals surface area contributed by atoms with Crippen molar-refractivity contribution in [2.24, 2.45) is 0 Å². The Morgan fingerprint density at radius 1 is 1.07 bits per heavy atom. The number of nitrogens with one attached hydrogen (secondary N) is 1. The van der Waals surface area contributed by atoms with Crippen molar-refractivity contribution in [1.82, 2.24) is 4.98 Å². The van der Waals surface area contributed by atoms with Crippen molar-refractivity contribution < 1.29 is 13.9 Å². The second-order valence-electron chi connectivity index (χ2n) is 7.14. The van der Waals surface area contributed by atoms with Crippen LogP contribution in [0.3, 0.4) is 0 Å². The zero-order valence-corrected chi connectivity index (χ0v) is 18.0. The smallest absolute Gasteiger partial charge is 0.257 e. The summed E-state index contributed by atoms with van der Waals surface area (Å²) in [6.07, 6.45) is 8.10. The standard InChI is InChI=1S/C24H27FN2O2S/c1-2-3-4-5-8-15-29-20-13-11-18(12-14-20)23(28)27-24-26-17-21(30-24)16-19-9-6-7-10-22(19)25/h6-7,9-14,17H,2-5,8,15-16H2,1H3,(H,26,27,28). The Hall–Kier alpha value is -2.73. The largest absolute Gasteiger partial charge is 0.494 e. The molecule has 1 aromatic heterocycles. The van der Waals surface area contributed by atoms with Crippen molar-refractivity contribution in [2.45, 2.75) is 45.4 Å². The quantitative estimate of drug-likeness (QED) is 0.357. The zero-order valence-electron chi connectivity index (χ0n) is 17.2. The topological polar surface area (TPSA) is 51.2 Å². The van der Waals surface area contributed by atoms with Crippen LogP contribution in [0.2, 0.25) is 0 Å². The summed E-state index contributed by atoms with van der Waals surface area (Å²) in [6.45, 7) is 2.90. The molecular weight excluding hydrogens is 399 g/mol. The van der Waals surface area contributed by atoms with E-state index in [0.29, 0.717) is 29.3 Å². The normalized spacial score (nSPS) is 10.7. The van der Waals surface area contributed by atoms with E-state index in [-0.39, 0.29) is 11.7 Å². The lowest BCUT2D eigenvalue weighted by Gasteiger charge is -2.07.